The van der Waals surface area contributed by atoms with Gasteiger partial charge in [-0.3, -0.25) is 9.59 Å². The van der Waals surface area contributed by atoms with Crippen LogP contribution in [-0.4, -0.2) is 82.7 Å². The van der Waals surface area contributed by atoms with Crippen LogP contribution in [0.25, 0.3) is 0 Å². The number of carbonyl (C=O) groups excluding carboxylic acids is 2. The largest absolute Gasteiger partial charge is 0.455 e. The summed E-state index contributed by atoms with van der Waals surface area (Å²) in [5, 5.41) is 38.2. The molecule has 22 heavy (non-hydrogen) atoms. The maximum Gasteiger partial charge on any atom is 0.314 e. The van der Waals surface area contributed by atoms with Crippen LogP contribution < -0.4 is 0 Å². The highest BCUT2D eigenvalue weighted by Crippen LogP contribution is 2.47. The molecule has 124 valence electrons. The normalized spacial score (nSPS) is 32.0. The predicted molar refractivity (Wildman–Crippen MR) is 85.6 cm³/mol. The molecule has 0 aromatic heterocycles. The lowest BCUT2D eigenvalue weighted by molar-refractivity contribution is -0.202. The average molecular weight is 446 g/mol. The zero-order chi connectivity index (χ0) is 17.0. The van der Waals surface area contributed by atoms with Crippen molar-refractivity contribution in [2.24, 2.45) is 0 Å². The van der Waals surface area contributed by atoms with Crippen molar-refractivity contribution in [1.82, 2.24) is 0 Å². The fourth-order valence-electron chi connectivity index (χ4n) is 1.92. The van der Waals surface area contributed by atoms with Crippen molar-refractivity contribution in [3.05, 3.63) is 0 Å². The lowest BCUT2D eigenvalue weighted by atomic mass is 9.99. The van der Waals surface area contributed by atoms with Crippen molar-refractivity contribution in [2.75, 3.05) is 6.61 Å². The van der Waals surface area contributed by atoms with E-state index < -0.39 is 60.2 Å². The SMILES string of the molecule is [B]P(I)C1CC(=O)OC(C(O)C(C)O)C(C(O)CO)OC1=O. The first-order chi connectivity index (χ1) is 10.2. The van der Waals surface area contributed by atoms with Crippen LogP contribution in [0.2, 0.25) is 0 Å². The number of ether oxygens (including phenoxy) is 2. The van der Waals surface area contributed by atoms with E-state index in [1.165, 1.54) is 6.92 Å². The van der Waals surface area contributed by atoms with Crippen LogP contribution in [0.1, 0.15) is 13.3 Å². The molecule has 2 radical (unpaired) electrons. The third-order valence-corrected chi connectivity index (χ3v) is 6.18. The van der Waals surface area contributed by atoms with Crippen LogP contribution in [0.4, 0.5) is 0 Å². The first-order valence-electron chi connectivity index (χ1n) is 6.43. The van der Waals surface area contributed by atoms with Crippen molar-refractivity contribution in [3.8, 4) is 0 Å². The van der Waals surface area contributed by atoms with Crippen molar-refractivity contribution < 1.29 is 39.5 Å². The number of aliphatic hydroxyl groups is 4. The second-order valence-electron chi connectivity index (χ2n) is 4.90. The summed E-state index contributed by atoms with van der Waals surface area (Å²) in [7, 11) is 5.68. The second-order valence-corrected chi connectivity index (χ2v) is 9.56. The smallest absolute Gasteiger partial charge is 0.314 e. The molecule has 1 rings (SSSR count). The maximum atomic E-state index is 12.1. The van der Waals surface area contributed by atoms with Gasteiger partial charge in [0, 0.05) is 0 Å². The number of cyclic esters (lactones) is 2. The fraction of sp³-hybridized carbons (Fsp3) is 0.818. The summed E-state index contributed by atoms with van der Waals surface area (Å²) in [5.41, 5.74) is -2.28. The van der Waals surface area contributed by atoms with Gasteiger partial charge in [-0.25, -0.2) is 0 Å². The van der Waals surface area contributed by atoms with Crippen LogP contribution in [0.15, 0.2) is 0 Å². The minimum atomic E-state index is -1.60. The van der Waals surface area contributed by atoms with Crippen LogP contribution in [-0.2, 0) is 19.1 Å². The summed E-state index contributed by atoms with van der Waals surface area (Å²) >= 11 is 1.81. The standard InChI is InChI=1S/C11H17BIO8P/c1-4(15)8(18)10-9(5(16)3-14)21-11(19)6(22(12)13)2-7(17)20-10/h4-6,8-10,14-16,18H,2-3H2,1H3. The third kappa shape index (κ3) is 5.00. The first kappa shape index (κ1) is 20.1. The number of rotatable bonds is 5. The molecule has 1 fully saturated rings. The van der Waals surface area contributed by atoms with Crippen LogP contribution in [0.3, 0.4) is 0 Å². The number of hydrogen-bond acceptors (Lipinski definition) is 8. The van der Waals surface area contributed by atoms with Gasteiger partial charge in [-0.2, -0.15) is 0 Å². The molecule has 0 saturated carbocycles. The molecule has 1 heterocycles. The van der Waals surface area contributed by atoms with E-state index in [9.17, 15) is 24.9 Å². The minimum Gasteiger partial charge on any atom is -0.455 e. The zero-order valence-corrected chi connectivity index (χ0v) is 14.8. The maximum absolute atomic E-state index is 12.1. The Labute approximate surface area is 142 Å². The molecule has 1 aliphatic heterocycles. The fourth-order valence-corrected chi connectivity index (χ4v) is 3.77. The van der Waals surface area contributed by atoms with E-state index in [0.717, 1.165) is 0 Å². The van der Waals surface area contributed by atoms with Crippen molar-refractivity contribution in [2.45, 2.75) is 49.5 Å². The Morgan fingerprint density at radius 2 is 1.91 bits per heavy atom. The average Bonchev–Trinajstić information content (AvgIpc) is 2.44. The Balaban J connectivity index is 3.11. The van der Waals surface area contributed by atoms with E-state index in [0.29, 0.717) is 0 Å². The molecule has 7 unspecified atom stereocenters. The summed E-state index contributed by atoms with van der Waals surface area (Å²) in [6.45, 7) is 0.457. The molecular formula is C11H17BIO8P. The van der Waals surface area contributed by atoms with E-state index in [4.69, 9.17) is 22.1 Å². The van der Waals surface area contributed by atoms with E-state index in [-0.39, 0.29) is 6.42 Å². The number of hydrogen-bond donors (Lipinski definition) is 4. The number of halogens is 1. The molecule has 7 atom stereocenters. The monoisotopic (exact) mass is 446 g/mol. The lowest BCUT2D eigenvalue weighted by Crippen LogP contribution is -2.55. The van der Waals surface area contributed by atoms with Crippen LogP contribution >= 0.6 is 27.5 Å². The van der Waals surface area contributed by atoms with Gasteiger partial charge < -0.3 is 29.9 Å². The predicted octanol–water partition coefficient (Wildman–Crippen LogP) is -1.41. The quantitative estimate of drug-likeness (QED) is 0.175. The summed E-state index contributed by atoms with van der Waals surface area (Å²) in [6.07, 6.45) is -7.84. The van der Waals surface area contributed by atoms with E-state index >= 15 is 0 Å². The lowest BCUT2D eigenvalue weighted by Gasteiger charge is -2.36. The van der Waals surface area contributed by atoms with E-state index in [2.05, 4.69) is 0 Å². The van der Waals surface area contributed by atoms with E-state index in [1.54, 1.807) is 0 Å². The zero-order valence-electron chi connectivity index (χ0n) is 11.7. The first-order valence-corrected chi connectivity index (χ1v) is 10.7. The van der Waals surface area contributed by atoms with Crippen LogP contribution in [0, 0.1) is 0 Å². The van der Waals surface area contributed by atoms with Gasteiger partial charge in [0.05, 0.1) is 24.8 Å². The van der Waals surface area contributed by atoms with Gasteiger partial charge in [0.1, 0.15) is 19.8 Å². The molecule has 0 spiro atoms. The Hall–Kier alpha value is 0.00494. The Morgan fingerprint density at radius 3 is 2.36 bits per heavy atom. The van der Waals surface area contributed by atoms with Gasteiger partial charge in [0.15, 0.2) is 12.2 Å². The van der Waals surface area contributed by atoms with Gasteiger partial charge in [0.25, 0.3) is 0 Å². The van der Waals surface area contributed by atoms with E-state index in [1.807, 2.05) is 22.0 Å². The van der Waals surface area contributed by atoms with Gasteiger partial charge in [-0.1, -0.05) is 27.5 Å². The number of esters is 2. The highest BCUT2D eigenvalue weighted by molar-refractivity contribution is 14.2. The highest BCUT2D eigenvalue weighted by Gasteiger charge is 2.44. The second kappa shape index (κ2) is 8.74. The summed E-state index contributed by atoms with van der Waals surface area (Å²) < 4.78 is 10.1. The summed E-state index contributed by atoms with van der Waals surface area (Å²) in [4.78, 5) is 24.0. The summed E-state index contributed by atoms with van der Waals surface area (Å²) in [5.74, 6) is -1.63. The van der Waals surface area contributed by atoms with Crippen molar-refractivity contribution in [1.29, 1.82) is 0 Å². The van der Waals surface area contributed by atoms with Gasteiger partial charge in [-0.15, -0.1) is 0 Å². The van der Waals surface area contributed by atoms with Crippen molar-refractivity contribution >= 4 is 47.0 Å². The Bertz CT molecular complexity index is 410. The molecule has 0 aliphatic carbocycles. The number of aliphatic hydroxyl groups excluding tert-OH is 4. The van der Waals surface area contributed by atoms with Gasteiger partial charge in [0.2, 0.25) is 0 Å². The molecule has 0 amide bonds. The molecule has 4 N–H and O–H groups in total. The Kier molecular flexibility index (Phi) is 7.97. The molecule has 1 saturated heterocycles. The molecule has 11 heteroatoms. The minimum absolute atomic E-state index is 0.324. The third-order valence-electron chi connectivity index (χ3n) is 3.17. The van der Waals surface area contributed by atoms with Crippen molar-refractivity contribution in [3.63, 3.8) is 0 Å². The molecule has 1 aliphatic rings. The molecule has 0 aromatic rings. The van der Waals surface area contributed by atoms with Crippen LogP contribution in [0.5, 0.6) is 0 Å². The van der Waals surface area contributed by atoms with Gasteiger partial charge in [-0.05, 0) is 6.92 Å². The Morgan fingerprint density at radius 1 is 1.32 bits per heavy atom. The summed E-state index contributed by atoms with van der Waals surface area (Å²) in [6, 6.07) is 0. The number of carbonyl (C=O) groups is 2. The van der Waals surface area contributed by atoms with Gasteiger partial charge >= 0.3 is 11.9 Å². The molecular weight excluding hydrogens is 429 g/mol. The molecule has 8 nitrogen and oxygen atoms in total. The molecule has 0 bridgehead atoms. The molecule has 0 aromatic carbocycles. The highest BCUT2D eigenvalue weighted by atomic mass is 127. The topological polar surface area (TPSA) is 134 Å².